The molecular weight excluding hydrogens is 688 g/mol. The van der Waals surface area contributed by atoms with E-state index in [1.165, 1.54) is 21.9 Å². The monoisotopic (exact) mass is 736 g/mol. The van der Waals surface area contributed by atoms with Gasteiger partial charge >= 0.3 is 29.6 Å². The van der Waals surface area contributed by atoms with Gasteiger partial charge in [-0.2, -0.15) is 9.99 Å². The van der Waals surface area contributed by atoms with Gasteiger partial charge < -0.3 is 37.9 Å². The minimum absolute atomic E-state index is 0. The van der Waals surface area contributed by atoms with E-state index in [1.54, 1.807) is 20.4 Å². The number of fused-ring (bicyclic) bond motifs is 6. The van der Waals surface area contributed by atoms with E-state index in [0.29, 0.717) is 0 Å². The van der Waals surface area contributed by atoms with Crippen molar-refractivity contribution in [3.63, 3.8) is 0 Å². The van der Waals surface area contributed by atoms with Crippen LogP contribution in [0.5, 0.6) is 0 Å². The molecule has 1 aromatic heterocycles. The maximum absolute atomic E-state index is 4.94. The van der Waals surface area contributed by atoms with Crippen molar-refractivity contribution in [2.45, 2.75) is 0 Å². The Kier molecular flexibility index (Phi) is 18.1. The van der Waals surface area contributed by atoms with Crippen molar-refractivity contribution in [1.82, 2.24) is 0 Å². The molecule has 0 spiro atoms. The molecule has 8 nitrogen and oxygen atoms in total. The van der Waals surface area contributed by atoms with Crippen LogP contribution >= 0.6 is 0 Å². The molecular formula is C40H49NaO8Si2. The summed E-state index contributed by atoms with van der Waals surface area (Å²) in [5.41, 5.74) is 2.97. The molecule has 11 heteroatoms. The topological polar surface area (TPSA) is 73.8 Å². The molecule has 4 aromatic carbocycles. The summed E-state index contributed by atoms with van der Waals surface area (Å²) < 4.78 is 39.6. The van der Waals surface area contributed by atoms with Gasteiger partial charge in [-0.25, -0.2) is 7.91 Å². The first-order valence-corrected chi connectivity index (χ1v) is 22.3. The Morgan fingerprint density at radius 3 is 0.882 bits per heavy atom. The van der Waals surface area contributed by atoms with Crippen LogP contribution in [0.25, 0.3) is 31.9 Å². The van der Waals surface area contributed by atoms with Gasteiger partial charge in [0.05, 0.1) is 106 Å². The predicted molar refractivity (Wildman–Crippen MR) is 203 cm³/mol. The van der Waals surface area contributed by atoms with Gasteiger partial charge in [-0.3, -0.25) is 0 Å². The zero-order valence-corrected chi connectivity index (χ0v) is 34.0. The Hall–Kier alpha value is -2.01. The Balaban J connectivity index is 0.000000163. The van der Waals surface area contributed by atoms with Gasteiger partial charge in [0.25, 0.3) is 0 Å². The molecule has 5 aromatic rings. The maximum Gasteiger partial charge on any atom is 1.00 e. The SMILES string of the molecule is C1COCCO1.C1COCCO1.C1COCCO1.C1COCCO1.[Na+].c1ccc2c(c1)-c1ccccc1[SiH]2[si-]1c2ccccc2c2ccccc21. The van der Waals surface area contributed by atoms with Crippen LogP contribution < -0.4 is 39.9 Å². The second-order valence-electron chi connectivity index (χ2n) is 12.0. The van der Waals surface area contributed by atoms with Crippen LogP contribution in [0.15, 0.2) is 97.1 Å². The summed E-state index contributed by atoms with van der Waals surface area (Å²) in [5, 5.41) is 6.25. The zero-order valence-electron chi connectivity index (χ0n) is 29.9. The molecule has 5 aliphatic heterocycles. The molecule has 266 valence electrons. The average Bonchev–Trinajstić information content (AvgIpc) is 3.74. The molecule has 51 heavy (non-hydrogen) atoms. The molecule has 4 fully saturated rings. The number of hydrogen-bond acceptors (Lipinski definition) is 8. The standard InChI is InChI=1S/C24H17Si2.4C4H8O2.Na/c1-5-13-21-17(9-1)18-10-2-6-14-22(18)25(21)26-23-15-7-3-11-19(23)20-12-4-8-16-24(20)26;4*1-2-6-4-3-5-1;/h1-16,25H;4*1-4H2;/q-1;;;;;+1. The van der Waals surface area contributed by atoms with Crippen molar-refractivity contribution in [3.05, 3.63) is 97.1 Å². The van der Waals surface area contributed by atoms with E-state index in [9.17, 15) is 0 Å². The van der Waals surface area contributed by atoms with E-state index in [2.05, 4.69) is 97.1 Å². The molecule has 0 aliphatic carbocycles. The van der Waals surface area contributed by atoms with Gasteiger partial charge in [-0.05, 0) is 19.4 Å². The van der Waals surface area contributed by atoms with Gasteiger partial charge in [0.2, 0.25) is 0 Å². The summed E-state index contributed by atoms with van der Waals surface area (Å²) >= 11 is 0. The summed E-state index contributed by atoms with van der Waals surface area (Å²) in [7, 11) is -2.09. The quantitative estimate of drug-likeness (QED) is 0.234. The van der Waals surface area contributed by atoms with Crippen molar-refractivity contribution in [3.8, 4) is 11.1 Å². The van der Waals surface area contributed by atoms with Gasteiger partial charge in [0.15, 0.2) is 0 Å². The van der Waals surface area contributed by atoms with Crippen LogP contribution in [0.3, 0.4) is 0 Å². The molecule has 0 N–H and O–H groups in total. The second-order valence-corrected chi connectivity index (χ2v) is 19.5. The molecule has 0 radical (unpaired) electrons. The molecule has 0 atom stereocenters. The molecule has 4 saturated heterocycles. The Morgan fingerprint density at radius 2 is 0.588 bits per heavy atom. The van der Waals surface area contributed by atoms with Crippen LogP contribution in [0, 0.1) is 0 Å². The summed E-state index contributed by atoms with van der Waals surface area (Å²) in [6.45, 7) is 12.4. The fraction of sp³-hybridized carbons (Fsp3) is 0.400. The molecule has 0 bridgehead atoms. The predicted octanol–water partition coefficient (Wildman–Crippen LogP) is 1.24. The Morgan fingerprint density at radius 1 is 0.333 bits per heavy atom. The van der Waals surface area contributed by atoms with E-state index < -0.39 is 16.2 Å². The number of rotatable bonds is 1. The van der Waals surface area contributed by atoms with Gasteiger partial charge in [-0.15, -0.1) is 0 Å². The smallest absolute Gasteiger partial charge is 0.377 e. The van der Waals surface area contributed by atoms with E-state index >= 15 is 0 Å². The number of hydrogen-bond donors (Lipinski definition) is 0. The molecule has 10 rings (SSSR count). The maximum atomic E-state index is 4.94. The fourth-order valence-corrected chi connectivity index (χ4v) is 18.5. The average molecular weight is 737 g/mol. The van der Waals surface area contributed by atoms with Crippen molar-refractivity contribution in [1.29, 1.82) is 0 Å². The van der Waals surface area contributed by atoms with Gasteiger partial charge in [-0.1, -0.05) is 118 Å². The van der Waals surface area contributed by atoms with Crippen LogP contribution in [0.2, 0.25) is 0 Å². The molecule has 0 unspecified atom stereocenters. The summed E-state index contributed by atoms with van der Waals surface area (Å²) in [6, 6.07) is 36.7. The van der Waals surface area contributed by atoms with Crippen LogP contribution in [0.4, 0.5) is 0 Å². The first-order chi connectivity index (χ1) is 24.9. The van der Waals surface area contributed by atoms with Crippen molar-refractivity contribution in [2.75, 3.05) is 106 Å². The molecule has 0 saturated carbocycles. The van der Waals surface area contributed by atoms with E-state index in [0.717, 1.165) is 106 Å². The summed E-state index contributed by atoms with van der Waals surface area (Å²) in [6.07, 6.45) is 0. The van der Waals surface area contributed by atoms with E-state index in [1.807, 2.05) is 0 Å². The first kappa shape index (κ1) is 40.2. The van der Waals surface area contributed by atoms with Gasteiger partial charge in [0, 0.05) is 0 Å². The minimum Gasteiger partial charge on any atom is -0.377 e. The fourth-order valence-electron chi connectivity index (χ4n) is 6.59. The number of ether oxygens (including phenoxy) is 8. The molecule has 0 amide bonds. The van der Waals surface area contributed by atoms with E-state index in [4.69, 9.17) is 37.9 Å². The van der Waals surface area contributed by atoms with Crippen LogP contribution in [-0.2, 0) is 37.9 Å². The Bertz CT molecular complexity index is 1520. The van der Waals surface area contributed by atoms with Crippen LogP contribution in [0.1, 0.15) is 0 Å². The zero-order chi connectivity index (χ0) is 34.1. The second kappa shape index (κ2) is 22.9. The van der Waals surface area contributed by atoms with Crippen molar-refractivity contribution >= 4 is 47.4 Å². The minimum atomic E-state index is -1.30. The van der Waals surface area contributed by atoms with Crippen molar-refractivity contribution in [2.24, 2.45) is 0 Å². The van der Waals surface area contributed by atoms with Crippen LogP contribution in [-0.4, -0.2) is 122 Å². The third kappa shape index (κ3) is 11.5. The third-order valence-electron chi connectivity index (χ3n) is 8.82. The van der Waals surface area contributed by atoms with E-state index in [-0.39, 0.29) is 29.6 Å². The summed E-state index contributed by atoms with van der Waals surface area (Å²) in [5.74, 6) is 0. The molecule has 5 aliphatic rings. The normalized spacial score (nSPS) is 18.0. The first-order valence-electron chi connectivity index (χ1n) is 17.8. The summed E-state index contributed by atoms with van der Waals surface area (Å²) in [4.78, 5) is 3.25. The van der Waals surface area contributed by atoms with Gasteiger partial charge in [0.1, 0.15) is 0 Å². The molecule has 6 heterocycles. The number of benzene rings is 4. The Labute approximate surface area is 326 Å². The largest absolute Gasteiger partial charge is 1.00 e. The third-order valence-corrected chi connectivity index (χ3v) is 19.1. The van der Waals surface area contributed by atoms with Crippen molar-refractivity contribution < 1.29 is 67.5 Å².